The minimum atomic E-state index is -2.14. The lowest BCUT2D eigenvalue weighted by atomic mass is 9.81. The lowest BCUT2D eigenvalue weighted by molar-refractivity contribution is -0.0140. The van der Waals surface area contributed by atoms with Crippen molar-refractivity contribution in [3.63, 3.8) is 0 Å². The molecule has 1 aliphatic rings. The molecule has 132 valence electrons. The highest BCUT2D eigenvalue weighted by Gasteiger charge is 2.41. The van der Waals surface area contributed by atoms with E-state index in [1.807, 2.05) is 12.1 Å². The van der Waals surface area contributed by atoms with Crippen molar-refractivity contribution in [3.05, 3.63) is 70.5 Å². The van der Waals surface area contributed by atoms with E-state index in [2.05, 4.69) is 6.07 Å². The number of nitriles is 1. The van der Waals surface area contributed by atoms with Crippen LogP contribution < -0.4 is 0 Å². The Labute approximate surface area is 158 Å². The van der Waals surface area contributed by atoms with Gasteiger partial charge in [-0.15, -0.1) is 12.4 Å². The average molecular weight is 364 g/mol. The van der Waals surface area contributed by atoms with Crippen LogP contribution in [0.5, 0.6) is 0 Å². The van der Waals surface area contributed by atoms with Crippen molar-refractivity contribution >= 4 is 12.4 Å². The third-order valence-electron chi connectivity index (χ3n) is 4.48. The van der Waals surface area contributed by atoms with Crippen LogP contribution in [0, 0.1) is 17.1 Å². The van der Waals surface area contributed by atoms with Crippen LogP contribution in [0.2, 0.25) is 0 Å². The van der Waals surface area contributed by atoms with E-state index < -0.39 is 12.6 Å². The standard InChI is InChI=1S/C20H21FN2O.ClH/c1-23(2)11-3-10-20(17-5-7-18(21)8-6-17)19-9-4-15(13-22)12-16(19)14-24-20;/h4-9,12H,3,10-11,14H2,1-2H3;1H/i1D3;. The topological polar surface area (TPSA) is 36.3 Å². The molecule has 1 aliphatic heterocycles. The molecule has 2 aromatic rings. The number of fused-ring (bicyclic) bond motifs is 1. The number of halogens is 2. The third-order valence-corrected chi connectivity index (χ3v) is 4.48. The van der Waals surface area contributed by atoms with E-state index in [1.165, 1.54) is 17.0 Å². The Kier molecular flexibility index (Phi) is 4.89. The van der Waals surface area contributed by atoms with E-state index in [9.17, 15) is 4.39 Å². The van der Waals surface area contributed by atoms with Gasteiger partial charge >= 0.3 is 0 Å². The Morgan fingerprint density at radius 3 is 2.76 bits per heavy atom. The summed E-state index contributed by atoms with van der Waals surface area (Å²) in [5, 5.41) is 9.13. The normalized spacial score (nSPS) is 20.8. The van der Waals surface area contributed by atoms with Crippen LogP contribution in [0.3, 0.4) is 0 Å². The summed E-state index contributed by atoms with van der Waals surface area (Å²) in [6.07, 6.45) is 1.14. The van der Waals surface area contributed by atoms with Crippen molar-refractivity contribution < 1.29 is 13.2 Å². The smallest absolute Gasteiger partial charge is 0.123 e. The summed E-state index contributed by atoms with van der Waals surface area (Å²) in [6, 6.07) is 13.8. The Balaban J connectivity index is 0.00000280. The van der Waals surface area contributed by atoms with Crippen molar-refractivity contribution in [2.45, 2.75) is 25.0 Å². The molecule has 0 saturated carbocycles. The summed E-state index contributed by atoms with van der Waals surface area (Å²) in [7, 11) is 1.57. The highest BCUT2D eigenvalue weighted by atomic mass is 35.5. The quantitative estimate of drug-likeness (QED) is 0.797. The molecule has 0 radical (unpaired) electrons. The van der Waals surface area contributed by atoms with Crippen molar-refractivity contribution in [1.29, 1.82) is 5.26 Å². The average Bonchev–Trinajstić information content (AvgIpc) is 3.00. The molecule has 0 saturated heterocycles. The van der Waals surface area contributed by atoms with Gasteiger partial charge in [-0.1, -0.05) is 18.2 Å². The first-order valence-corrected chi connectivity index (χ1v) is 7.91. The predicted molar refractivity (Wildman–Crippen MR) is 98.2 cm³/mol. The van der Waals surface area contributed by atoms with Gasteiger partial charge in [-0.2, -0.15) is 5.26 Å². The Morgan fingerprint density at radius 2 is 2.08 bits per heavy atom. The summed E-state index contributed by atoms with van der Waals surface area (Å²) >= 11 is 0. The van der Waals surface area contributed by atoms with E-state index in [0.29, 0.717) is 31.6 Å². The first kappa shape index (κ1) is 15.3. The maximum Gasteiger partial charge on any atom is 0.123 e. The lowest BCUT2D eigenvalue weighted by Gasteiger charge is -2.31. The van der Waals surface area contributed by atoms with E-state index in [1.54, 1.807) is 25.2 Å². The highest BCUT2D eigenvalue weighted by molar-refractivity contribution is 5.85. The summed E-state index contributed by atoms with van der Waals surface area (Å²) < 4.78 is 42.1. The highest BCUT2D eigenvalue weighted by Crippen LogP contribution is 2.45. The molecule has 0 aromatic heterocycles. The van der Waals surface area contributed by atoms with Crippen LogP contribution in [0.15, 0.2) is 42.5 Å². The van der Waals surface area contributed by atoms with Gasteiger partial charge in [0.1, 0.15) is 11.4 Å². The second kappa shape index (κ2) is 7.97. The summed E-state index contributed by atoms with van der Waals surface area (Å²) in [6.45, 7) is -1.40. The second-order valence-electron chi connectivity index (χ2n) is 6.13. The van der Waals surface area contributed by atoms with E-state index >= 15 is 0 Å². The van der Waals surface area contributed by atoms with E-state index in [-0.39, 0.29) is 18.2 Å². The van der Waals surface area contributed by atoms with Gasteiger partial charge in [0.25, 0.3) is 0 Å². The Morgan fingerprint density at radius 1 is 1.32 bits per heavy atom. The van der Waals surface area contributed by atoms with Crippen molar-refractivity contribution in [1.82, 2.24) is 4.90 Å². The van der Waals surface area contributed by atoms with Gasteiger partial charge in [0.15, 0.2) is 0 Å². The molecule has 0 amide bonds. The lowest BCUT2D eigenvalue weighted by Crippen LogP contribution is -2.28. The number of hydrogen-bond donors (Lipinski definition) is 0. The van der Waals surface area contributed by atoms with Crippen LogP contribution in [-0.2, 0) is 16.9 Å². The van der Waals surface area contributed by atoms with Crippen LogP contribution in [-0.4, -0.2) is 25.5 Å². The minimum Gasteiger partial charge on any atom is -0.361 e. The maximum absolute atomic E-state index is 13.4. The third kappa shape index (κ3) is 3.85. The molecule has 0 spiro atoms. The van der Waals surface area contributed by atoms with Gasteiger partial charge in [-0.05, 0) is 74.4 Å². The number of nitrogens with zero attached hydrogens (tertiary/aromatic N) is 2. The van der Waals surface area contributed by atoms with E-state index in [4.69, 9.17) is 14.1 Å². The molecule has 3 nitrogen and oxygen atoms in total. The SMILES string of the molecule is Cl.[2H]C([2H])([2H])N(C)CCCC1(c2ccc(F)cc2)OCc2cc(C#N)ccc21. The van der Waals surface area contributed by atoms with Gasteiger partial charge in [-0.25, -0.2) is 4.39 Å². The van der Waals surface area contributed by atoms with Gasteiger partial charge in [0.2, 0.25) is 0 Å². The van der Waals surface area contributed by atoms with Crippen LogP contribution >= 0.6 is 12.4 Å². The zero-order valence-electron chi connectivity index (χ0n) is 17.0. The van der Waals surface area contributed by atoms with Gasteiger partial charge in [0, 0.05) is 4.11 Å². The molecule has 25 heavy (non-hydrogen) atoms. The molecule has 0 aliphatic carbocycles. The number of hydrogen-bond acceptors (Lipinski definition) is 3. The van der Waals surface area contributed by atoms with Crippen molar-refractivity contribution in [2.75, 3.05) is 20.6 Å². The molecule has 1 heterocycles. The summed E-state index contributed by atoms with van der Waals surface area (Å²) in [4.78, 5) is 1.33. The molecule has 1 unspecified atom stereocenters. The fraction of sp³-hybridized carbons (Fsp3) is 0.350. The van der Waals surface area contributed by atoms with Crippen molar-refractivity contribution in [3.8, 4) is 6.07 Å². The molecule has 1 atom stereocenters. The Bertz CT molecular complexity index is 867. The minimum absolute atomic E-state index is 0. The molecule has 3 rings (SSSR count). The number of benzene rings is 2. The molecule has 0 fully saturated rings. The van der Waals surface area contributed by atoms with Crippen LogP contribution in [0.1, 0.15) is 39.2 Å². The Hall–Kier alpha value is -1.93. The maximum atomic E-state index is 13.4. The van der Waals surface area contributed by atoms with Crippen LogP contribution in [0.25, 0.3) is 0 Å². The zero-order valence-corrected chi connectivity index (χ0v) is 14.8. The largest absolute Gasteiger partial charge is 0.361 e. The first-order chi connectivity index (χ1) is 12.8. The molecule has 2 aromatic carbocycles. The molecular formula is C20H22ClFN2O. The van der Waals surface area contributed by atoms with Crippen molar-refractivity contribution in [2.24, 2.45) is 0 Å². The van der Waals surface area contributed by atoms with Crippen LogP contribution in [0.4, 0.5) is 4.39 Å². The number of ether oxygens (including phenoxy) is 1. The zero-order chi connectivity index (χ0) is 19.7. The second-order valence-corrected chi connectivity index (χ2v) is 6.13. The summed E-state index contributed by atoms with van der Waals surface area (Å²) in [5.41, 5.74) is 2.50. The van der Waals surface area contributed by atoms with Gasteiger partial charge < -0.3 is 9.64 Å². The fourth-order valence-electron chi connectivity index (χ4n) is 3.33. The fourth-order valence-corrected chi connectivity index (χ4v) is 3.33. The van der Waals surface area contributed by atoms with Gasteiger partial charge in [-0.3, -0.25) is 0 Å². The molecular weight excluding hydrogens is 339 g/mol. The first-order valence-electron chi connectivity index (χ1n) is 9.41. The number of rotatable bonds is 5. The van der Waals surface area contributed by atoms with E-state index in [0.717, 1.165) is 16.7 Å². The molecule has 0 bridgehead atoms. The molecule has 0 N–H and O–H groups in total. The molecule has 5 heteroatoms. The predicted octanol–water partition coefficient (Wildman–Crippen LogP) is 4.23. The van der Waals surface area contributed by atoms with Gasteiger partial charge in [0.05, 0.1) is 18.2 Å². The summed E-state index contributed by atoms with van der Waals surface area (Å²) in [5.74, 6) is -0.325. The monoisotopic (exact) mass is 363 g/mol.